The van der Waals surface area contributed by atoms with Gasteiger partial charge in [0, 0.05) is 30.8 Å². The maximum Gasteiger partial charge on any atom is 0.183 e. The van der Waals surface area contributed by atoms with E-state index in [0.29, 0.717) is 13.2 Å². The zero-order chi connectivity index (χ0) is 13.9. The Bertz CT molecular complexity index is 385. The van der Waals surface area contributed by atoms with Crippen molar-refractivity contribution in [2.24, 2.45) is 5.41 Å². The number of hydrogen-bond acceptors (Lipinski definition) is 4. The Morgan fingerprint density at radius 3 is 2.05 bits per heavy atom. The first-order valence-electron chi connectivity index (χ1n) is 6.44. The Balaban J connectivity index is 2.03. The first-order valence-corrected chi connectivity index (χ1v) is 6.44. The van der Waals surface area contributed by atoms with Crippen molar-refractivity contribution < 1.29 is 18.9 Å². The molecule has 1 aromatic rings. The lowest BCUT2D eigenvalue weighted by molar-refractivity contribution is -0.226. The van der Waals surface area contributed by atoms with Crippen molar-refractivity contribution in [1.82, 2.24) is 0 Å². The molecule has 0 bridgehead atoms. The van der Waals surface area contributed by atoms with Gasteiger partial charge in [0.05, 0.1) is 13.2 Å². The van der Waals surface area contributed by atoms with Gasteiger partial charge in [-0.2, -0.15) is 0 Å². The highest BCUT2D eigenvalue weighted by Crippen LogP contribution is 2.31. The normalized spacial score (nSPS) is 19.8. The Morgan fingerprint density at radius 2 is 1.58 bits per heavy atom. The van der Waals surface area contributed by atoms with Crippen LogP contribution in [-0.4, -0.2) is 27.4 Å². The molecule has 4 nitrogen and oxygen atoms in total. The van der Waals surface area contributed by atoms with E-state index in [0.717, 1.165) is 11.1 Å². The average molecular weight is 266 g/mol. The number of rotatable bonds is 4. The lowest BCUT2D eigenvalue weighted by Crippen LogP contribution is -2.33. The van der Waals surface area contributed by atoms with Crippen LogP contribution in [0.2, 0.25) is 0 Å². The van der Waals surface area contributed by atoms with Crippen LogP contribution in [0.4, 0.5) is 0 Å². The van der Waals surface area contributed by atoms with Crippen molar-refractivity contribution in [3.8, 4) is 0 Å². The summed E-state index contributed by atoms with van der Waals surface area (Å²) in [6.45, 7) is 5.68. The van der Waals surface area contributed by atoms with Gasteiger partial charge in [-0.15, -0.1) is 0 Å². The summed E-state index contributed by atoms with van der Waals surface area (Å²) < 4.78 is 21.9. The Kier molecular flexibility index (Phi) is 4.58. The van der Waals surface area contributed by atoms with Gasteiger partial charge in [0.15, 0.2) is 12.6 Å². The molecule has 2 rings (SSSR count). The second-order valence-electron chi connectivity index (χ2n) is 5.59. The van der Waals surface area contributed by atoms with Crippen molar-refractivity contribution in [2.45, 2.75) is 26.4 Å². The van der Waals surface area contributed by atoms with E-state index in [1.165, 1.54) is 0 Å². The minimum absolute atomic E-state index is 0.0909. The molecule has 0 atom stereocenters. The third-order valence-electron chi connectivity index (χ3n) is 3.16. The number of ether oxygens (including phenoxy) is 4. The van der Waals surface area contributed by atoms with E-state index < -0.39 is 0 Å². The van der Waals surface area contributed by atoms with Gasteiger partial charge in [-0.05, 0) is 0 Å². The maximum absolute atomic E-state index is 5.75. The van der Waals surface area contributed by atoms with Gasteiger partial charge >= 0.3 is 0 Å². The van der Waals surface area contributed by atoms with E-state index in [4.69, 9.17) is 18.9 Å². The van der Waals surface area contributed by atoms with E-state index >= 15 is 0 Å². The number of methoxy groups -OCH3 is 2. The van der Waals surface area contributed by atoms with Gasteiger partial charge in [-0.1, -0.05) is 38.1 Å². The Labute approximate surface area is 114 Å². The van der Waals surface area contributed by atoms with Crippen molar-refractivity contribution in [3.63, 3.8) is 0 Å². The van der Waals surface area contributed by atoms with E-state index in [-0.39, 0.29) is 18.0 Å². The van der Waals surface area contributed by atoms with Gasteiger partial charge in [-0.3, -0.25) is 0 Å². The van der Waals surface area contributed by atoms with Crippen LogP contribution < -0.4 is 0 Å². The molecular formula is C15H22O4. The first kappa shape index (κ1) is 14.5. The van der Waals surface area contributed by atoms with Crippen LogP contribution in [-0.2, 0) is 18.9 Å². The highest BCUT2D eigenvalue weighted by Gasteiger charge is 2.29. The molecule has 4 heteroatoms. The molecule has 0 unspecified atom stereocenters. The third kappa shape index (κ3) is 3.54. The SMILES string of the molecule is COC(OC)c1ccc(C2OCC(C)(C)CO2)cc1. The van der Waals surface area contributed by atoms with Gasteiger partial charge in [0.2, 0.25) is 0 Å². The third-order valence-corrected chi connectivity index (χ3v) is 3.16. The first-order chi connectivity index (χ1) is 9.05. The Hall–Kier alpha value is -0.940. The monoisotopic (exact) mass is 266 g/mol. The zero-order valence-electron chi connectivity index (χ0n) is 12.0. The molecule has 1 aromatic carbocycles. The zero-order valence-corrected chi connectivity index (χ0v) is 12.0. The summed E-state index contributed by atoms with van der Waals surface area (Å²) in [5, 5.41) is 0. The van der Waals surface area contributed by atoms with Gasteiger partial charge < -0.3 is 18.9 Å². The molecule has 0 radical (unpaired) electrons. The minimum atomic E-state index is -0.332. The summed E-state index contributed by atoms with van der Waals surface area (Å²) in [4.78, 5) is 0. The summed E-state index contributed by atoms with van der Waals surface area (Å²) >= 11 is 0. The largest absolute Gasteiger partial charge is 0.352 e. The van der Waals surface area contributed by atoms with Crippen LogP contribution in [0.3, 0.4) is 0 Å². The highest BCUT2D eigenvalue weighted by atomic mass is 16.7. The summed E-state index contributed by atoms with van der Waals surface area (Å²) in [6.07, 6.45) is -0.605. The number of hydrogen-bond donors (Lipinski definition) is 0. The summed E-state index contributed by atoms with van der Waals surface area (Å²) in [6, 6.07) is 7.92. The molecule has 106 valence electrons. The van der Waals surface area contributed by atoms with Gasteiger partial charge in [0.1, 0.15) is 0 Å². The fourth-order valence-electron chi connectivity index (χ4n) is 2.06. The van der Waals surface area contributed by atoms with Crippen LogP contribution in [0.15, 0.2) is 24.3 Å². The summed E-state index contributed by atoms with van der Waals surface area (Å²) in [5.74, 6) is 0. The van der Waals surface area contributed by atoms with Crippen LogP contribution in [0.5, 0.6) is 0 Å². The van der Waals surface area contributed by atoms with E-state index in [9.17, 15) is 0 Å². The fourth-order valence-corrected chi connectivity index (χ4v) is 2.06. The van der Waals surface area contributed by atoms with Crippen LogP contribution in [0.25, 0.3) is 0 Å². The molecular weight excluding hydrogens is 244 g/mol. The van der Waals surface area contributed by atoms with Crippen molar-refractivity contribution in [3.05, 3.63) is 35.4 Å². The molecule has 19 heavy (non-hydrogen) atoms. The second kappa shape index (κ2) is 6.01. The van der Waals surface area contributed by atoms with E-state index in [1.807, 2.05) is 24.3 Å². The van der Waals surface area contributed by atoms with Gasteiger partial charge in [0.25, 0.3) is 0 Å². The van der Waals surface area contributed by atoms with Crippen LogP contribution in [0, 0.1) is 5.41 Å². The number of benzene rings is 1. The molecule has 1 aliphatic heterocycles. The summed E-state index contributed by atoms with van der Waals surface area (Å²) in [5.41, 5.74) is 2.09. The molecule has 0 spiro atoms. The molecule has 1 fully saturated rings. The fraction of sp³-hybridized carbons (Fsp3) is 0.600. The topological polar surface area (TPSA) is 36.9 Å². The molecule has 0 amide bonds. The lowest BCUT2D eigenvalue weighted by Gasteiger charge is -2.34. The van der Waals surface area contributed by atoms with Crippen LogP contribution >= 0.6 is 0 Å². The summed E-state index contributed by atoms with van der Waals surface area (Å²) in [7, 11) is 3.25. The van der Waals surface area contributed by atoms with Gasteiger partial charge in [-0.25, -0.2) is 0 Å². The molecule has 0 aliphatic carbocycles. The minimum Gasteiger partial charge on any atom is -0.352 e. The van der Waals surface area contributed by atoms with Crippen molar-refractivity contribution in [2.75, 3.05) is 27.4 Å². The smallest absolute Gasteiger partial charge is 0.183 e. The highest BCUT2D eigenvalue weighted by molar-refractivity contribution is 5.24. The second-order valence-corrected chi connectivity index (χ2v) is 5.59. The van der Waals surface area contributed by atoms with Crippen molar-refractivity contribution in [1.29, 1.82) is 0 Å². The average Bonchev–Trinajstić information content (AvgIpc) is 2.41. The standard InChI is InChI=1S/C15H22O4/c1-15(2)9-18-14(19-10-15)12-7-5-11(6-8-12)13(16-3)17-4/h5-8,13-14H,9-10H2,1-4H3. The molecule has 1 heterocycles. The molecule has 0 N–H and O–H groups in total. The molecule has 1 aliphatic rings. The lowest BCUT2D eigenvalue weighted by atomic mass is 9.95. The maximum atomic E-state index is 5.75. The predicted octanol–water partition coefficient (Wildman–Crippen LogP) is 3.05. The predicted molar refractivity (Wildman–Crippen MR) is 71.6 cm³/mol. The molecule has 0 aromatic heterocycles. The van der Waals surface area contributed by atoms with E-state index in [1.54, 1.807) is 14.2 Å². The van der Waals surface area contributed by atoms with Crippen LogP contribution in [0.1, 0.15) is 37.6 Å². The van der Waals surface area contributed by atoms with E-state index in [2.05, 4.69) is 13.8 Å². The molecule has 0 saturated carbocycles. The Morgan fingerprint density at radius 1 is 1.05 bits per heavy atom. The quantitative estimate of drug-likeness (QED) is 0.785. The molecule has 1 saturated heterocycles. The van der Waals surface area contributed by atoms with Crippen molar-refractivity contribution >= 4 is 0 Å².